The van der Waals surface area contributed by atoms with Crippen molar-refractivity contribution in [2.75, 3.05) is 26.4 Å². The molecular weight excluding hydrogens is 828 g/mol. The molecule has 9 fully saturated rings. The van der Waals surface area contributed by atoms with Crippen molar-refractivity contribution < 1.29 is 89.0 Å². The molecule has 4 aliphatic carbocycles. The summed E-state index contributed by atoms with van der Waals surface area (Å²) in [5.41, 5.74) is 0.280. The smallest absolute Gasteiger partial charge is 0.187 e. The fourth-order valence-corrected chi connectivity index (χ4v) is 14.6. The second kappa shape index (κ2) is 18.0. The highest BCUT2D eigenvalue weighted by Crippen LogP contribution is 2.71. The van der Waals surface area contributed by atoms with Crippen molar-refractivity contribution in [2.45, 2.75) is 202 Å². The number of fused-ring (bicyclic) bond motifs is 7. The van der Waals surface area contributed by atoms with Crippen LogP contribution < -0.4 is 0 Å². The molecule has 362 valence electrons. The summed E-state index contributed by atoms with van der Waals surface area (Å²) in [6.07, 6.45) is -13.8. The molecule has 0 amide bonds. The van der Waals surface area contributed by atoms with E-state index in [1.165, 1.54) is 6.42 Å². The minimum absolute atomic E-state index is 0.0786. The summed E-state index contributed by atoms with van der Waals surface area (Å²) in [7, 11) is 0. The van der Waals surface area contributed by atoms with Crippen molar-refractivity contribution in [1.82, 2.24) is 0 Å². The summed E-state index contributed by atoms with van der Waals surface area (Å²) in [6, 6.07) is 0. The van der Waals surface area contributed by atoms with E-state index in [9.17, 15) is 51.1 Å². The van der Waals surface area contributed by atoms with Gasteiger partial charge >= 0.3 is 0 Å². The van der Waals surface area contributed by atoms with E-state index in [0.29, 0.717) is 54.3 Å². The van der Waals surface area contributed by atoms with Gasteiger partial charge in [-0.05, 0) is 104 Å². The van der Waals surface area contributed by atoms with Crippen LogP contribution in [0.1, 0.15) is 91.9 Å². The van der Waals surface area contributed by atoms with Crippen molar-refractivity contribution in [3.63, 3.8) is 0 Å². The van der Waals surface area contributed by atoms with Crippen molar-refractivity contribution >= 4 is 0 Å². The zero-order valence-electron chi connectivity index (χ0n) is 37.0. The molecule has 4 saturated carbocycles. The van der Waals surface area contributed by atoms with Gasteiger partial charge in [0.05, 0.1) is 38.6 Å². The highest BCUT2D eigenvalue weighted by Gasteiger charge is 2.69. The molecule has 0 aromatic heterocycles. The van der Waals surface area contributed by atoms with Gasteiger partial charge in [-0.2, -0.15) is 0 Å². The van der Waals surface area contributed by atoms with E-state index >= 15 is 0 Å². The van der Waals surface area contributed by atoms with E-state index in [-0.39, 0.29) is 23.0 Å². The third-order valence-electron chi connectivity index (χ3n) is 18.3. The number of hydrogen-bond donors (Lipinski definition) is 10. The molecule has 5 heterocycles. The van der Waals surface area contributed by atoms with Gasteiger partial charge in [0.15, 0.2) is 24.7 Å². The lowest BCUT2D eigenvalue weighted by molar-refractivity contribution is -0.378. The Morgan fingerprint density at radius 1 is 0.587 bits per heavy atom. The van der Waals surface area contributed by atoms with Gasteiger partial charge in [0.1, 0.15) is 73.2 Å². The van der Waals surface area contributed by atoms with E-state index in [1.807, 2.05) is 0 Å². The molecule has 5 saturated heterocycles. The lowest BCUT2D eigenvalue weighted by Crippen LogP contribution is -2.65. The lowest BCUT2D eigenvalue weighted by atomic mass is 9.44. The van der Waals surface area contributed by atoms with Crippen LogP contribution in [0.15, 0.2) is 0 Å². The van der Waals surface area contributed by atoms with Gasteiger partial charge in [0.2, 0.25) is 0 Å². The van der Waals surface area contributed by atoms with Crippen LogP contribution >= 0.6 is 0 Å². The fourth-order valence-electron chi connectivity index (χ4n) is 14.6. The number of aliphatic hydroxyl groups excluding tert-OH is 10. The van der Waals surface area contributed by atoms with Crippen molar-refractivity contribution in [3.8, 4) is 0 Å². The Kier molecular flexibility index (Phi) is 13.5. The molecule has 0 aromatic rings. The van der Waals surface area contributed by atoms with Crippen LogP contribution in [0.3, 0.4) is 0 Å². The molecule has 1 spiro atoms. The maximum absolute atomic E-state index is 11.6. The molecule has 9 aliphatic rings. The molecule has 0 aromatic carbocycles. The normalized spacial score (nSPS) is 58.2. The first kappa shape index (κ1) is 47.4. The van der Waals surface area contributed by atoms with Crippen LogP contribution in [0.25, 0.3) is 0 Å². The molecule has 63 heavy (non-hydrogen) atoms. The van der Waals surface area contributed by atoms with Gasteiger partial charge < -0.3 is 89.0 Å². The van der Waals surface area contributed by atoms with Gasteiger partial charge in [-0.15, -0.1) is 0 Å². The SMILES string of the molecule is C[C@@H]1CC[C@@]2(OC1)O[C@H]1C[C@H]3[C@@H]4CC[C@@H]5C[C@@H](O[C@@H]6O[C@H](CO[C@@H]7O[C@H](CO)[C@@H](O)[C@H](O)[C@H]7O)[C@@H](O)[C@H](O)[C@H]6O[C@@H]6O[C@H](CO)[C@@H](O)[C@H](O)[C@H]6O)CC[C@]5(C)[C@H]4CC[C@]3(C)[C@H]1[C@@H]2C. The molecule has 18 nitrogen and oxygen atoms in total. The maximum Gasteiger partial charge on any atom is 0.187 e. The standard InChI is InChI=1S/C45H74O18/c1-19-7-12-45(57-17-19)20(2)30-26(63-45)14-25-23-6-5-21-13-22(8-10-43(21,3)24(23)9-11-44(25,30)4)58-42-39(62-41-38(55)35(52)32(49)28(16-47)60-41)36(53)33(50)29(61-42)18-56-40-37(54)34(51)31(48)27(15-46)59-40/h19-42,46-55H,5-18H2,1-4H3/t19-,20+,21-,22+,23-,24+,25+,26+,27-,28-,29-,30+,31-,32-,33-,34+,35+,36+,37-,38-,39-,40-,41+,42-,43+,44+,45-/m1/s1. The van der Waals surface area contributed by atoms with Crippen molar-refractivity contribution in [3.05, 3.63) is 0 Å². The first-order chi connectivity index (χ1) is 29.9. The van der Waals surface area contributed by atoms with E-state index in [0.717, 1.165) is 51.6 Å². The van der Waals surface area contributed by atoms with Gasteiger partial charge in [0, 0.05) is 12.3 Å². The monoisotopic (exact) mass is 902 g/mol. The molecule has 5 aliphatic heterocycles. The third kappa shape index (κ3) is 7.98. The first-order valence-electron chi connectivity index (χ1n) is 23.8. The maximum atomic E-state index is 11.6. The van der Waals surface area contributed by atoms with Gasteiger partial charge in [-0.1, -0.05) is 27.7 Å². The van der Waals surface area contributed by atoms with Gasteiger partial charge in [-0.3, -0.25) is 0 Å². The highest BCUT2D eigenvalue weighted by molar-refractivity contribution is 5.15. The summed E-state index contributed by atoms with van der Waals surface area (Å²) in [5.74, 6) is 3.05. The third-order valence-corrected chi connectivity index (χ3v) is 18.3. The average molecular weight is 903 g/mol. The predicted molar refractivity (Wildman–Crippen MR) is 216 cm³/mol. The van der Waals surface area contributed by atoms with Crippen LogP contribution in [-0.4, -0.2) is 188 Å². The number of aliphatic hydroxyl groups is 10. The predicted octanol–water partition coefficient (Wildman–Crippen LogP) is -0.734. The molecule has 0 bridgehead atoms. The number of ether oxygens (including phenoxy) is 8. The lowest BCUT2D eigenvalue weighted by Gasteiger charge is -2.61. The molecule has 10 N–H and O–H groups in total. The van der Waals surface area contributed by atoms with E-state index in [1.54, 1.807) is 0 Å². The minimum Gasteiger partial charge on any atom is -0.394 e. The second-order valence-corrected chi connectivity index (χ2v) is 21.6. The largest absolute Gasteiger partial charge is 0.394 e. The Hall–Kier alpha value is -0.720. The Balaban J connectivity index is 0.889. The van der Waals surface area contributed by atoms with E-state index < -0.39 is 118 Å². The van der Waals surface area contributed by atoms with Crippen LogP contribution in [0.2, 0.25) is 0 Å². The molecule has 9 rings (SSSR count). The molecule has 18 heteroatoms. The molecular formula is C45H74O18. The van der Waals surface area contributed by atoms with Crippen molar-refractivity contribution in [1.29, 1.82) is 0 Å². The molecule has 0 radical (unpaired) electrons. The van der Waals surface area contributed by atoms with E-state index in [2.05, 4.69) is 27.7 Å². The minimum atomic E-state index is -1.80. The highest BCUT2D eigenvalue weighted by atomic mass is 16.8. The fraction of sp³-hybridized carbons (Fsp3) is 1.00. The summed E-state index contributed by atoms with van der Waals surface area (Å²) in [4.78, 5) is 0. The average Bonchev–Trinajstić information content (AvgIpc) is 3.72. The Labute approximate surface area is 369 Å². The van der Waals surface area contributed by atoms with Gasteiger partial charge in [0.25, 0.3) is 0 Å². The summed E-state index contributed by atoms with van der Waals surface area (Å²) >= 11 is 0. The second-order valence-electron chi connectivity index (χ2n) is 21.6. The number of rotatable bonds is 9. The first-order valence-corrected chi connectivity index (χ1v) is 23.8. The van der Waals surface area contributed by atoms with E-state index in [4.69, 9.17) is 37.9 Å². The molecule has 27 atom stereocenters. The zero-order chi connectivity index (χ0) is 44.9. The Morgan fingerprint density at radius 2 is 1.22 bits per heavy atom. The zero-order valence-corrected chi connectivity index (χ0v) is 37.0. The summed E-state index contributed by atoms with van der Waals surface area (Å²) < 4.78 is 49.4. The number of hydrogen-bond acceptors (Lipinski definition) is 18. The quantitative estimate of drug-likeness (QED) is 0.128. The van der Waals surface area contributed by atoms with Gasteiger partial charge in [-0.25, -0.2) is 0 Å². The van der Waals surface area contributed by atoms with Crippen LogP contribution in [0.5, 0.6) is 0 Å². The summed E-state index contributed by atoms with van der Waals surface area (Å²) in [5, 5.41) is 105. The van der Waals surface area contributed by atoms with Crippen LogP contribution in [-0.2, 0) is 37.9 Å². The van der Waals surface area contributed by atoms with Crippen molar-refractivity contribution in [2.24, 2.45) is 52.3 Å². The van der Waals surface area contributed by atoms with Crippen LogP contribution in [0, 0.1) is 52.3 Å². The summed E-state index contributed by atoms with van der Waals surface area (Å²) in [6.45, 7) is 8.53. The Morgan fingerprint density at radius 3 is 1.89 bits per heavy atom. The molecule has 0 unspecified atom stereocenters. The van der Waals surface area contributed by atoms with Crippen LogP contribution in [0.4, 0.5) is 0 Å². The topological polar surface area (TPSA) is 276 Å². The Bertz CT molecular complexity index is 1560.